The molecule has 2 nitrogen and oxygen atoms in total. The third kappa shape index (κ3) is 3.76. The van der Waals surface area contributed by atoms with Gasteiger partial charge in [-0.1, -0.05) is 97.1 Å². The van der Waals surface area contributed by atoms with E-state index in [1.165, 1.54) is 108 Å². The summed E-state index contributed by atoms with van der Waals surface area (Å²) in [7, 11) is 0. The number of rotatable bonds is 2. The lowest BCUT2D eigenvalue weighted by molar-refractivity contribution is 1.01. The molecule has 238 valence electrons. The Kier molecular flexibility index (Phi) is 5.52. The van der Waals surface area contributed by atoms with Crippen molar-refractivity contribution in [2.75, 3.05) is 0 Å². The van der Waals surface area contributed by atoms with Crippen LogP contribution in [-0.2, 0) is 12.8 Å². The number of para-hydroxylation sites is 3. The lowest BCUT2D eigenvalue weighted by Gasteiger charge is -2.21. The number of thiophene rings is 1. The monoisotopic (exact) mass is 666 g/mol. The maximum atomic E-state index is 2.56. The van der Waals surface area contributed by atoms with Gasteiger partial charge in [-0.05, 0) is 107 Å². The van der Waals surface area contributed by atoms with Crippen molar-refractivity contribution in [1.29, 1.82) is 0 Å². The van der Waals surface area contributed by atoms with Crippen molar-refractivity contribution >= 4 is 85.9 Å². The van der Waals surface area contributed by atoms with E-state index in [0.717, 1.165) is 12.8 Å². The maximum Gasteiger partial charge on any atom is 0.0795 e. The van der Waals surface area contributed by atoms with Gasteiger partial charge < -0.3 is 9.13 Å². The second kappa shape index (κ2) is 10.2. The van der Waals surface area contributed by atoms with Crippen molar-refractivity contribution in [3.05, 3.63) is 180 Å². The predicted molar refractivity (Wildman–Crippen MR) is 218 cm³/mol. The minimum absolute atomic E-state index is 0.966. The molecule has 8 aromatic carbocycles. The van der Waals surface area contributed by atoms with Gasteiger partial charge in [0.2, 0.25) is 0 Å². The Morgan fingerprint density at radius 1 is 0.353 bits per heavy atom. The first kappa shape index (κ1) is 27.6. The zero-order valence-electron chi connectivity index (χ0n) is 27.7. The molecular weight excluding hydrogens is 637 g/mol. The van der Waals surface area contributed by atoms with Crippen molar-refractivity contribution in [2.24, 2.45) is 0 Å². The van der Waals surface area contributed by atoms with E-state index >= 15 is 0 Å². The average molecular weight is 667 g/mol. The molecule has 0 unspecified atom stereocenters. The molecule has 0 saturated carbocycles. The molecule has 11 aromatic rings. The predicted octanol–water partition coefficient (Wildman–Crippen LogP) is 12.9. The molecule has 0 saturated heterocycles. The summed E-state index contributed by atoms with van der Waals surface area (Å²) < 4.78 is 7.73. The van der Waals surface area contributed by atoms with Crippen LogP contribution < -0.4 is 0 Å². The smallest absolute Gasteiger partial charge is 0.0795 e. The molecule has 12 rings (SSSR count). The number of benzene rings is 8. The Labute approximate surface area is 298 Å². The van der Waals surface area contributed by atoms with Gasteiger partial charge in [0.25, 0.3) is 0 Å². The van der Waals surface area contributed by atoms with Gasteiger partial charge in [-0.2, -0.15) is 0 Å². The van der Waals surface area contributed by atoms with Crippen molar-refractivity contribution in [1.82, 2.24) is 9.13 Å². The largest absolute Gasteiger partial charge is 0.307 e. The van der Waals surface area contributed by atoms with Gasteiger partial charge in [0.15, 0.2) is 0 Å². The summed E-state index contributed by atoms with van der Waals surface area (Å²) >= 11 is 1.88. The van der Waals surface area contributed by atoms with E-state index in [1.54, 1.807) is 0 Å². The van der Waals surface area contributed by atoms with E-state index in [2.05, 4.69) is 167 Å². The molecule has 51 heavy (non-hydrogen) atoms. The van der Waals surface area contributed by atoms with E-state index in [0.29, 0.717) is 0 Å². The molecule has 1 aliphatic rings. The summed E-state index contributed by atoms with van der Waals surface area (Å²) in [5.41, 5.74) is 13.1. The molecule has 0 N–H and O–H groups in total. The Morgan fingerprint density at radius 3 is 1.51 bits per heavy atom. The standard InChI is InChI=1S/C48H30N2S/c1-2-14-33(15-3-1)49-41-19-9-6-17-36(41)45-39-26-31-24-29-12-4-5-13-30(29)25-32(31)27-40(39)46-37-18-7-10-20-42(37)50(48(46)47(45)49)34-22-23-44-38(28-34)35-16-8-11-21-43(35)51-44/h1-23,26-28H,24-25H2. The topological polar surface area (TPSA) is 9.86 Å². The minimum atomic E-state index is 0.966. The fraction of sp³-hybridized carbons (Fsp3) is 0.0417. The van der Waals surface area contributed by atoms with Crippen molar-refractivity contribution < 1.29 is 0 Å². The molecule has 3 aromatic heterocycles. The SMILES string of the molecule is c1ccc(-n2c3ccccc3c3c4cc5c(cc4c4c6ccccc6n(-c6ccc7sc8ccccc8c7c6)c4c32)Cc2ccccc2C5)cc1. The van der Waals surface area contributed by atoms with Crippen LogP contribution >= 0.6 is 11.3 Å². The highest BCUT2D eigenvalue weighted by Gasteiger charge is 2.26. The van der Waals surface area contributed by atoms with E-state index in [-0.39, 0.29) is 0 Å². The third-order valence-electron chi connectivity index (χ3n) is 11.4. The Balaban J connectivity index is 1.33. The first-order valence-electron chi connectivity index (χ1n) is 17.8. The van der Waals surface area contributed by atoms with E-state index in [1.807, 2.05) is 11.3 Å². The lowest BCUT2D eigenvalue weighted by atomic mass is 9.83. The maximum absolute atomic E-state index is 2.56. The van der Waals surface area contributed by atoms with Crippen LogP contribution in [0.15, 0.2) is 158 Å². The molecule has 3 heterocycles. The number of aromatic nitrogens is 2. The van der Waals surface area contributed by atoms with Crippen LogP contribution in [0, 0.1) is 0 Å². The van der Waals surface area contributed by atoms with Gasteiger partial charge in [-0.15, -0.1) is 11.3 Å². The zero-order valence-corrected chi connectivity index (χ0v) is 28.5. The summed E-state index contributed by atoms with van der Waals surface area (Å²) in [4.78, 5) is 0. The van der Waals surface area contributed by atoms with Gasteiger partial charge in [0, 0.05) is 53.1 Å². The summed E-state index contributed by atoms with van der Waals surface area (Å²) in [6.07, 6.45) is 1.93. The molecule has 0 aliphatic heterocycles. The van der Waals surface area contributed by atoms with E-state index < -0.39 is 0 Å². The Hall–Kier alpha value is -6.16. The van der Waals surface area contributed by atoms with Crippen LogP contribution in [0.4, 0.5) is 0 Å². The van der Waals surface area contributed by atoms with Crippen LogP contribution in [-0.4, -0.2) is 9.13 Å². The van der Waals surface area contributed by atoms with Crippen molar-refractivity contribution in [3.63, 3.8) is 0 Å². The minimum Gasteiger partial charge on any atom is -0.307 e. The quantitative estimate of drug-likeness (QED) is 0.174. The van der Waals surface area contributed by atoms with Gasteiger partial charge >= 0.3 is 0 Å². The van der Waals surface area contributed by atoms with Crippen LogP contribution in [0.1, 0.15) is 22.3 Å². The normalized spacial score (nSPS) is 12.9. The Morgan fingerprint density at radius 2 is 0.863 bits per heavy atom. The number of hydrogen-bond acceptors (Lipinski definition) is 1. The van der Waals surface area contributed by atoms with Gasteiger partial charge in [0.1, 0.15) is 0 Å². The second-order valence-corrected chi connectivity index (χ2v) is 15.1. The molecular formula is C48H30N2S. The number of hydrogen-bond donors (Lipinski definition) is 0. The van der Waals surface area contributed by atoms with Crippen molar-refractivity contribution in [2.45, 2.75) is 12.8 Å². The van der Waals surface area contributed by atoms with Crippen LogP contribution in [0.3, 0.4) is 0 Å². The molecule has 0 bridgehead atoms. The highest BCUT2D eigenvalue weighted by molar-refractivity contribution is 7.25. The van der Waals surface area contributed by atoms with Gasteiger partial charge in [-0.25, -0.2) is 0 Å². The molecule has 0 amide bonds. The fourth-order valence-electron chi connectivity index (χ4n) is 9.19. The van der Waals surface area contributed by atoms with Crippen LogP contribution in [0.5, 0.6) is 0 Å². The average Bonchev–Trinajstić information content (AvgIpc) is 3.85. The van der Waals surface area contributed by atoms with Gasteiger partial charge in [-0.3, -0.25) is 0 Å². The highest BCUT2D eigenvalue weighted by atomic mass is 32.1. The molecule has 0 atom stereocenters. The third-order valence-corrected chi connectivity index (χ3v) is 12.5. The summed E-state index contributed by atoms with van der Waals surface area (Å²) in [5, 5.41) is 10.5. The van der Waals surface area contributed by atoms with E-state index in [9.17, 15) is 0 Å². The molecule has 1 aliphatic carbocycles. The fourth-order valence-corrected chi connectivity index (χ4v) is 10.3. The number of fused-ring (bicyclic) bond motifs is 15. The summed E-state index contributed by atoms with van der Waals surface area (Å²) in [5.74, 6) is 0. The van der Waals surface area contributed by atoms with Crippen LogP contribution in [0.2, 0.25) is 0 Å². The van der Waals surface area contributed by atoms with Gasteiger partial charge in [0.05, 0.1) is 22.1 Å². The van der Waals surface area contributed by atoms with Crippen LogP contribution in [0.25, 0.3) is 85.9 Å². The first-order valence-corrected chi connectivity index (χ1v) is 18.6. The first-order chi connectivity index (χ1) is 25.3. The zero-order chi connectivity index (χ0) is 33.2. The molecule has 0 radical (unpaired) electrons. The van der Waals surface area contributed by atoms with Crippen molar-refractivity contribution in [3.8, 4) is 11.4 Å². The molecule has 0 fully saturated rings. The lowest BCUT2D eigenvalue weighted by Crippen LogP contribution is -2.07. The molecule has 3 heteroatoms. The summed E-state index contributed by atoms with van der Waals surface area (Å²) in [6, 6.07) is 59.0. The molecule has 0 spiro atoms. The Bertz CT molecular complexity index is 3250. The highest BCUT2D eigenvalue weighted by Crippen LogP contribution is 2.48. The second-order valence-electron chi connectivity index (χ2n) is 14.1. The number of nitrogens with zero attached hydrogens (tertiary/aromatic N) is 2. The summed E-state index contributed by atoms with van der Waals surface area (Å²) in [6.45, 7) is 0. The van der Waals surface area contributed by atoms with E-state index in [4.69, 9.17) is 0 Å².